The number of allylic oxidation sites excluding steroid dienone is 2. The van der Waals surface area contributed by atoms with Crippen molar-refractivity contribution < 1.29 is 0 Å². The molecule has 0 rings (SSSR count). The maximum atomic E-state index is 5.58. The smallest absolute Gasteiger partial charge is 0.0558 e. The molecule has 0 aromatic carbocycles. The standard InChI is InChI=1S/C6H11IN2/c1-4(2)6(8)5(3)9-7/h9H,1,8H2,2-3H3/b6-5-. The van der Waals surface area contributed by atoms with Crippen LogP contribution in [0, 0.1) is 0 Å². The van der Waals surface area contributed by atoms with Crippen LogP contribution in [-0.2, 0) is 0 Å². The Kier molecular flexibility index (Phi) is 3.68. The summed E-state index contributed by atoms with van der Waals surface area (Å²) >= 11 is 2.03. The second-order valence-corrected chi connectivity index (χ2v) is 2.45. The van der Waals surface area contributed by atoms with Crippen molar-refractivity contribution in [3.8, 4) is 0 Å². The van der Waals surface area contributed by atoms with Gasteiger partial charge >= 0.3 is 0 Å². The molecule has 3 N–H and O–H groups in total. The summed E-state index contributed by atoms with van der Waals surface area (Å²) in [6.45, 7) is 7.49. The van der Waals surface area contributed by atoms with E-state index in [0.717, 1.165) is 17.0 Å². The molecule has 0 aliphatic carbocycles. The zero-order valence-corrected chi connectivity index (χ0v) is 7.82. The van der Waals surface area contributed by atoms with E-state index in [1.807, 2.05) is 36.7 Å². The lowest BCUT2D eigenvalue weighted by atomic mass is 10.2. The van der Waals surface area contributed by atoms with Gasteiger partial charge in [-0.15, -0.1) is 0 Å². The van der Waals surface area contributed by atoms with Crippen LogP contribution in [0.25, 0.3) is 0 Å². The van der Waals surface area contributed by atoms with Crippen LogP contribution in [0.2, 0.25) is 0 Å². The number of hydrogen-bond acceptors (Lipinski definition) is 2. The van der Waals surface area contributed by atoms with Gasteiger partial charge in [-0.1, -0.05) is 6.58 Å². The number of halogens is 1. The van der Waals surface area contributed by atoms with Crippen LogP contribution in [0.3, 0.4) is 0 Å². The van der Waals surface area contributed by atoms with Crippen LogP contribution >= 0.6 is 22.9 Å². The molecule has 0 atom stereocenters. The molecule has 3 heteroatoms. The summed E-state index contributed by atoms with van der Waals surface area (Å²) in [5, 5.41) is 0. The summed E-state index contributed by atoms with van der Waals surface area (Å²) < 4.78 is 2.91. The topological polar surface area (TPSA) is 38.0 Å². The van der Waals surface area contributed by atoms with Gasteiger partial charge < -0.3 is 9.26 Å². The van der Waals surface area contributed by atoms with E-state index in [9.17, 15) is 0 Å². The fraction of sp³-hybridized carbons (Fsp3) is 0.333. The molecule has 0 aromatic rings. The summed E-state index contributed by atoms with van der Waals surface area (Å²) in [6.07, 6.45) is 0. The number of nitrogens with one attached hydrogen (secondary N) is 1. The molecule has 0 saturated heterocycles. The van der Waals surface area contributed by atoms with Crippen LogP contribution < -0.4 is 9.26 Å². The number of nitrogens with two attached hydrogens (primary N) is 1. The van der Waals surface area contributed by atoms with E-state index in [4.69, 9.17) is 5.73 Å². The summed E-state index contributed by atoms with van der Waals surface area (Å²) in [4.78, 5) is 0. The number of hydrogen-bond donors (Lipinski definition) is 2. The molecule has 2 nitrogen and oxygen atoms in total. The highest BCUT2D eigenvalue weighted by molar-refractivity contribution is 14.1. The molecular weight excluding hydrogens is 227 g/mol. The molecule has 9 heavy (non-hydrogen) atoms. The summed E-state index contributed by atoms with van der Waals surface area (Å²) in [7, 11) is 0. The van der Waals surface area contributed by atoms with Crippen molar-refractivity contribution in [3.63, 3.8) is 0 Å². The van der Waals surface area contributed by atoms with Crippen molar-refractivity contribution >= 4 is 22.9 Å². The molecule has 0 fully saturated rings. The molecule has 0 saturated carbocycles. The van der Waals surface area contributed by atoms with Crippen LogP contribution in [0.1, 0.15) is 13.8 Å². The van der Waals surface area contributed by atoms with Gasteiger partial charge in [0.15, 0.2) is 0 Å². The Labute approximate surface area is 69.7 Å². The monoisotopic (exact) mass is 238 g/mol. The average Bonchev–Trinajstić information content (AvgIpc) is 1.84. The molecule has 0 aliphatic rings. The first-order valence-electron chi connectivity index (χ1n) is 2.58. The maximum Gasteiger partial charge on any atom is 0.0558 e. The van der Waals surface area contributed by atoms with Gasteiger partial charge in [0.2, 0.25) is 0 Å². The van der Waals surface area contributed by atoms with Gasteiger partial charge in [0.1, 0.15) is 0 Å². The molecule has 0 unspecified atom stereocenters. The third-order valence-corrected chi connectivity index (χ3v) is 1.81. The fourth-order valence-corrected chi connectivity index (χ4v) is 0.662. The highest BCUT2D eigenvalue weighted by atomic mass is 127. The van der Waals surface area contributed by atoms with E-state index in [-0.39, 0.29) is 0 Å². The highest BCUT2D eigenvalue weighted by Crippen LogP contribution is 2.03. The molecule has 0 radical (unpaired) electrons. The fourth-order valence-electron chi connectivity index (χ4n) is 0.371. The summed E-state index contributed by atoms with van der Waals surface area (Å²) in [5.74, 6) is 0. The average molecular weight is 238 g/mol. The zero-order chi connectivity index (χ0) is 7.44. The molecule has 0 amide bonds. The Hall–Kier alpha value is -0.190. The summed E-state index contributed by atoms with van der Waals surface area (Å²) in [6, 6.07) is 0. The lowest BCUT2D eigenvalue weighted by molar-refractivity contribution is 1.13. The number of rotatable bonds is 2. The van der Waals surface area contributed by atoms with E-state index in [0.29, 0.717) is 0 Å². The zero-order valence-electron chi connectivity index (χ0n) is 5.66. The van der Waals surface area contributed by atoms with Gasteiger partial charge in [-0.25, -0.2) is 0 Å². The molecule has 0 spiro atoms. The van der Waals surface area contributed by atoms with Gasteiger partial charge in [0.05, 0.1) is 28.6 Å². The first-order chi connectivity index (χ1) is 4.09. The quantitative estimate of drug-likeness (QED) is 0.436. The van der Waals surface area contributed by atoms with Gasteiger partial charge in [-0.05, 0) is 19.4 Å². The third kappa shape index (κ3) is 2.74. The molecule has 0 bridgehead atoms. The Bertz CT molecular complexity index is 149. The van der Waals surface area contributed by atoms with Gasteiger partial charge in [0, 0.05) is 5.70 Å². The van der Waals surface area contributed by atoms with Gasteiger partial charge in [-0.2, -0.15) is 0 Å². The third-order valence-electron chi connectivity index (χ3n) is 1.01. The van der Waals surface area contributed by atoms with Gasteiger partial charge in [-0.3, -0.25) is 0 Å². The van der Waals surface area contributed by atoms with Crippen LogP contribution in [0.4, 0.5) is 0 Å². The molecule has 0 heterocycles. The van der Waals surface area contributed by atoms with Crippen LogP contribution in [-0.4, -0.2) is 0 Å². The minimum atomic E-state index is 0.740. The van der Waals surface area contributed by atoms with Crippen molar-refractivity contribution in [1.29, 1.82) is 0 Å². The van der Waals surface area contributed by atoms with E-state index in [2.05, 4.69) is 10.1 Å². The first-order valence-corrected chi connectivity index (χ1v) is 3.66. The lowest BCUT2D eigenvalue weighted by Gasteiger charge is -2.03. The SMILES string of the molecule is C=C(C)/C(N)=C(\C)NI. The minimum absolute atomic E-state index is 0.740. The first kappa shape index (κ1) is 8.81. The van der Waals surface area contributed by atoms with Crippen molar-refractivity contribution in [3.05, 3.63) is 23.5 Å². The predicted octanol–water partition coefficient (Wildman–Crippen LogP) is 1.69. The Morgan fingerprint density at radius 3 is 2.11 bits per heavy atom. The molecule has 52 valence electrons. The van der Waals surface area contributed by atoms with Crippen LogP contribution in [0.5, 0.6) is 0 Å². The minimum Gasteiger partial charge on any atom is -0.397 e. The van der Waals surface area contributed by atoms with Crippen molar-refractivity contribution in [2.24, 2.45) is 5.73 Å². The summed E-state index contributed by atoms with van der Waals surface area (Å²) in [5.41, 5.74) is 8.18. The second-order valence-electron chi connectivity index (χ2n) is 1.91. The normalized spacial score (nSPS) is 12.3. The van der Waals surface area contributed by atoms with E-state index >= 15 is 0 Å². The van der Waals surface area contributed by atoms with Crippen molar-refractivity contribution in [2.75, 3.05) is 0 Å². The Morgan fingerprint density at radius 2 is 2.00 bits per heavy atom. The van der Waals surface area contributed by atoms with E-state index in [1.54, 1.807) is 0 Å². The maximum absolute atomic E-state index is 5.58. The Morgan fingerprint density at radius 1 is 1.56 bits per heavy atom. The molecule has 0 aromatic heterocycles. The van der Waals surface area contributed by atoms with Crippen molar-refractivity contribution in [2.45, 2.75) is 13.8 Å². The lowest BCUT2D eigenvalue weighted by Crippen LogP contribution is -2.07. The molecule has 0 aliphatic heterocycles. The largest absolute Gasteiger partial charge is 0.397 e. The second kappa shape index (κ2) is 3.76. The molecular formula is C6H11IN2. The van der Waals surface area contributed by atoms with Gasteiger partial charge in [0.25, 0.3) is 0 Å². The van der Waals surface area contributed by atoms with E-state index in [1.165, 1.54) is 0 Å². The van der Waals surface area contributed by atoms with Crippen LogP contribution in [0.15, 0.2) is 23.5 Å². The highest BCUT2D eigenvalue weighted by Gasteiger charge is 1.94. The van der Waals surface area contributed by atoms with Crippen molar-refractivity contribution in [1.82, 2.24) is 3.53 Å². The Balaban J connectivity index is 4.28. The van der Waals surface area contributed by atoms with E-state index < -0.39 is 0 Å². The predicted molar refractivity (Wildman–Crippen MR) is 48.9 cm³/mol.